The fourth-order valence-corrected chi connectivity index (χ4v) is 2.78. The topological polar surface area (TPSA) is 55.5 Å². The lowest BCUT2D eigenvalue weighted by Gasteiger charge is -2.29. The summed E-state index contributed by atoms with van der Waals surface area (Å²) in [5.74, 6) is 2.12. The lowest BCUT2D eigenvalue weighted by Crippen LogP contribution is -2.30. The third-order valence-electron chi connectivity index (χ3n) is 3.90. The van der Waals surface area contributed by atoms with Crippen molar-refractivity contribution >= 4 is 0 Å². The summed E-state index contributed by atoms with van der Waals surface area (Å²) < 4.78 is 5.75. The molecule has 0 amide bonds. The molecule has 0 spiro atoms. The number of phenols is 1. The Balaban J connectivity index is 1.86. The van der Waals surface area contributed by atoms with E-state index in [0.717, 1.165) is 5.75 Å². The summed E-state index contributed by atoms with van der Waals surface area (Å²) >= 11 is 0. The molecule has 1 aliphatic carbocycles. The van der Waals surface area contributed by atoms with Crippen LogP contribution in [0.2, 0.25) is 0 Å². The van der Waals surface area contributed by atoms with Gasteiger partial charge in [0.2, 0.25) is 0 Å². The van der Waals surface area contributed by atoms with Crippen molar-refractivity contribution in [3.05, 3.63) is 24.3 Å². The molecule has 3 heteroatoms. The first kappa shape index (κ1) is 13.2. The molecule has 3 N–H and O–H groups in total. The lowest BCUT2D eigenvalue weighted by atomic mass is 9.80. The molecular weight excluding hydrogens is 226 g/mol. The molecule has 0 aromatic heterocycles. The Bertz CT molecular complexity index is 361. The molecule has 1 unspecified atom stereocenters. The first-order chi connectivity index (χ1) is 8.79. The molecule has 1 aliphatic rings. The van der Waals surface area contributed by atoms with Gasteiger partial charge in [-0.05, 0) is 24.6 Å². The second-order valence-corrected chi connectivity index (χ2v) is 5.20. The largest absolute Gasteiger partial charge is 0.508 e. The number of ether oxygens (including phenoxy) is 1. The highest BCUT2D eigenvalue weighted by atomic mass is 16.5. The van der Waals surface area contributed by atoms with Crippen LogP contribution < -0.4 is 10.5 Å². The van der Waals surface area contributed by atoms with Crippen molar-refractivity contribution in [3.63, 3.8) is 0 Å². The van der Waals surface area contributed by atoms with Crippen molar-refractivity contribution in [2.75, 3.05) is 13.2 Å². The third-order valence-corrected chi connectivity index (χ3v) is 3.90. The number of nitrogens with two attached hydrogens (primary N) is 1. The highest BCUT2D eigenvalue weighted by Gasteiger charge is 2.23. The minimum absolute atomic E-state index is 0.245. The molecule has 1 saturated carbocycles. The van der Waals surface area contributed by atoms with Gasteiger partial charge in [0.1, 0.15) is 11.5 Å². The van der Waals surface area contributed by atoms with Crippen molar-refractivity contribution in [1.29, 1.82) is 0 Å². The average Bonchev–Trinajstić information content (AvgIpc) is 2.41. The van der Waals surface area contributed by atoms with Crippen molar-refractivity contribution in [1.82, 2.24) is 0 Å². The molecule has 0 bridgehead atoms. The molecule has 18 heavy (non-hydrogen) atoms. The summed E-state index contributed by atoms with van der Waals surface area (Å²) in [6.07, 6.45) is 6.58. The van der Waals surface area contributed by atoms with E-state index < -0.39 is 0 Å². The van der Waals surface area contributed by atoms with Crippen LogP contribution in [0.15, 0.2) is 24.3 Å². The van der Waals surface area contributed by atoms with Crippen molar-refractivity contribution in [2.45, 2.75) is 32.1 Å². The molecule has 0 aliphatic heterocycles. The first-order valence-electron chi connectivity index (χ1n) is 6.91. The van der Waals surface area contributed by atoms with Gasteiger partial charge in [0, 0.05) is 12.0 Å². The van der Waals surface area contributed by atoms with Crippen molar-refractivity contribution in [3.8, 4) is 11.5 Å². The maximum absolute atomic E-state index is 9.38. The molecule has 1 fully saturated rings. The SMILES string of the molecule is NCC(COc1cccc(O)c1)C1CCCCC1. The Morgan fingerprint density at radius 1 is 1.28 bits per heavy atom. The molecule has 2 rings (SSSR count). The predicted molar refractivity (Wildman–Crippen MR) is 72.7 cm³/mol. The summed E-state index contributed by atoms with van der Waals surface area (Å²) in [5, 5.41) is 9.38. The van der Waals surface area contributed by atoms with Crippen LogP contribution in [-0.4, -0.2) is 18.3 Å². The Labute approximate surface area is 109 Å². The Morgan fingerprint density at radius 3 is 2.72 bits per heavy atom. The fraction of sp³-hybridized carbons (Fsp3) is 0.600. The molecule has 1 aromatic rings. The lowest BCUT2D eigenvalue weighted by molar-refractivity contribution is 0.167. The quantitative estimate of drug-likeness (QED) is 0.843. The highest BCUT2D eigenvalue weighted by Crippen LogP contribution is 2.30. The molecule has 0 radical (unpaired) electrons. The van der Waals surface area contributed by atoms with Crippen LogP contribution in [0, 0.1) is 11.8 Å². The van der Waals surface area contributed by atoms with E-state index in [1.807, 2.05) is 6.07 Å². The number of hydrogen-bond acceptors (Lipinski definition) is 3. The Hall–Kier alpha value is -1.22. The van der Waals surface area contributed by atoms with Gasteiger partial charge in [-0.2, -0.15) is 0 Å². The molecule has 100 valence electrons. The molecule has 0 saturated heterocycles. The van der Waals surface area contributed by atoms with Gasteiger partial charge in [-0.3, -0.25) is 0 Å². The minimum Gasteiger partial charge on any atom is -0.508 e. The zero-order chi connectivity index (χ0) is 12.8. The predicted octanol–water partition coefficient (Wildman–Crippen LogP) is 2.93. The summed E-state index contributed by atoms with van der Waals surface area (Å²) in [4.78, 5) is 0. The molecular formula is C15H23NO2. The van der Waals surface area contributed by atoms with Crippen LogP contribution in [0.4, 0.5) is 0 Å². The summed E-state index contributed by atoms with van der Waals surface area (Å²) in [6, 6.07) is 6.96. The smallest absolute Gasteiger partial charge is 0.122 e. The number of aromatic hydroxyl groups is 1. The van der Waals surface area contributed by atoms with Gasteiger partial charge < -0.3 is 15.6 Å². The molecule has 3 nitrogen and oxygen atoms in total. The third kappa shape index (κ3) is 3.64. The second kappa shape index (κ2) is 6.64. The van der Waals surface area contributed by atoms with E-state index in [2.05, 4.69) is 0 Å². The van der Waals surface area contributed by atoms with E-state index in [4.69, 9.17) is 10.5 Å². The maximum Gasteiger partial charge on any atom is 0.122 e. The van der Waals surface area contributed by atoms with E-state index in [1.54, 1.807) is 18.2 Å². The molecule has 1 atom stereocenters. The zero-order valence-electron chi connectivity index (χ0n) is 10.8. The standard InChI is InChI=1S/C15H23NO2/c16-10-13(12-5-2-1-3-6-12)11-18-15-8-4-7-14(17)9-15/h4,7-9,12-13,17H,1-3,5-6,10-11,16H2. The summed E-state index contributed by atoms with van der Waals surface area (Å²) in [5.41, 5.74) is 5.87. The fourth-order valence-electron chi connectivity index (χ4n) is 2.78. The van der Waals surface area contributed by atoms with Crippen LogP contribution in [0.25, 0.3) is 0 Å². The summed E-state index contributed by atoms with van der Waals surface area (Å²) in [7, 11) is 0. The van der Waals surface area contributed by atoms with Gasteiger partial charge in [0.25, 0.3) is 0 Å². The number of benzene rings is 1. The zero-order valence-corrected chi connectivity index (χ0v) is 10.8. The van der Waals surface area contributed by atoms with Gasteiger partial charge in [0.15, 0.2) is 0 Å². The van der Waals surface area contributed by atoms with Crippen molar-refractivity contribution < 1.29 is 9.84 Å². The minimum atomic E-state index is 0.245. The molecule has 0 heterocycles. The van der Waals surface area contributed by atoms with E-state index in [1.165, 1.54) is 32.1 Å². The Kier molecular flexibility index (Phi) is 4.88. The van der Waals surface area contributed by atoms with E-state index in [-0.39, 0.29) is 5.75 Å². The van der Waals surface area contributed by atoms with Crippen molar-refractivity contribution in [2.24, 2.45) is 17.6 Å². The second-order valence-electron chi connectivity index (χ2n) is 5.20. The molecule has 1 aromatic carbocycles. The van der Waals surface area contributed by atoms with E-state index in [9.17, 15) is 5.11 Å². The Morgan fingerprint density at radius 2 is 2.06 bits per heavy atom. The van der Waals surface area contributed by atoms with Gasteiger partial charge in [0.05, 0.1) is 6.61 Å². The van der Waals surface area contributed by atoms with Crippen LogP contribution in [0.3, 0.4) is 0 Å². The highest BCUT2D eigenvalue weighted by molar-refractivity contribution is 5.31. The van der Waals surface area contributed by atoms with Crippen LogP contribution in [0.5, 0.6) is 11.5 Å². The number of hydrogen-bond donors (Lipinski definition) is 2. The average molecular weight is 249 g/mol. The number of rotatable bonds is 5. The van der Waals surface area contributed by atoms with Crippen LogP contribution in [-0.2, 0) is 0 Å². The summed E-state index contributed by atoms with van der Waals surface area (Å²) in [6.45, 7) is 1.34. The maximum atomic E-state index is 9.38. The van der Waals surface area contributed by atoms with Crippen LogP contribution >= 0.6 is 0 Å². The first-order valence-corrected chi connectivity index (χ1v) is 6.91. The van der Waals surface area contributed by atoms with Crippen LogP contribution in [0.1, 0.15) is 32.1 Å². The van der Waals surface area contributed by atoms with Gasteiger partial charge in [-0.25, -0.2) is 0 Å². The van der Waals surface area contributed by atoms with E-state index in [0.29, 0.717) is 25.0 Å². The normalized spacial score (nSPS) is 18.5. The van der Waals surface area contributed by atoms with E-state index >= 15 is 0 Å². The van der Waals surface area contributed by atoms with Gasteiger partial charge in [-0.1, -0.05) is 38.2 Å². The van der Waals surface area contributed by atoms with Gasteiger partial charge in [-0.15, -0.1) is 0 Å². The van der Waals surface area contributed by atoms with Gasteiger partial charge >= 0.3 is 0 Å². The monoisotopic (exact) mass is 249 g/mol. The number of phenolic OH excluding ortho intramolecular Hbond substituents is 1.